The zero-order valence-corrected chi connectivity index (χ0v) is 11.9. The molecule has 0 aliphatic heterocycles. The summed E-state index contributed by atoms with van der Waals surface area (Å²) in [6, 6.07) is 8.18. The van der Waals surface area contributed by atoms with Crippen LogP contribution >= 0.6 is 0 Å². The molecule has 1 heterocycles. The minimum Gasteiger partial charge on any atom is -0.356 e. The lowest BCUT2D eigenvalue weighted by Gasteiger charge is -2.11. The van der Waals surface area contributed by atoms with Crippen LogP contribution in [0.4, 0.5) is 0 Å². The fourth-order valence-electron chi connectivity index (χ4n) is 1.76. The Labute approximate surface area is 119 Å². The first-order chi connectivity index (χ1) is 9.83. The highest BCUT2D eigenvalue weighted by Crippen LogP contribution is 2.07. The molecule has 0 atom stereocenters. The molecule has 0 aliphatic carbocycles. The molecule has 0 saturated heterocycles. The molecule has 0 spiro atoms. The van der Waals surface area contributed by atoms with E-state index >= 15 is 0 Å². The van der Waals surface area contributed by atoms with Crippen LogP contribution in [0.5, 0.6) is 0 Å². The Morgan fingerprint density at radius 1 is 1.25 bits per heavy atom. The van der Waals surface area contributed by atoms with Crippen LogP contribution in [0.2, 0.25) is 0 Å². The fraction of sp³-hybridized carbons (Fsp3) is 0.357. The van der Waals surface area contributed by atoms with Gasteiger partial charge in [-0.3, -0.25) is 4.99 Å². The molecule has 0 fully saturated rings. The first-order valence-electron chi connectivity index (χ1n) is 6.72. The molecule has 0 radical (unpaired) electrons. The van der Waals surface area contributed by atoms with Gasteiger partial charge in [0.15, 0.2) is 5.96 Å². The van der Waals surface area contributed by atoms with E-state index in [-0.39, 0.29) is 0 Å². The second kappa shape index (κ2) is 7.28. The number of hydrogen-bond acceptors (Lipinski definition) is 3. The zero-order chi connectivity index (χ0) is 14.2. The van der Waals surface area contributed by atoms with Gasteiger partial charge in [0.1, 0.15) is 12.7 Å². The standard InChI is InChI=1S/C14H20N6/c1-3-8-17-14(15-2)18-9-12-4-6-13(7-5-12)20-11-16-10-19-20/h4-7,10-11H,3,8-9H2,1-2H3,(H2,15,17,18). The van der Waals surface area contributed by atoms with E-state index < -0.39 is 0 Å². The van der Waals surface area contributed by atoms with E-state index in [2.05, 4.69) is 44.8 Å². The van der Waals surface area contributed by atoms with Crippen molar-refractivity contribution in [3.05, 3.63) is 42.5 Å². The van der Waals surface area contributed by atoms with Gasteiger partial charge in [-0.25, -0.2) is 9.67 Å². The van der Waals surface area contributed by atoms with Crippen LogP contribution in [0.15, 0.2) is 41.9 Å². The number of hydrogen-bond donors (Lipinski definition) is 2. The van der Waals surface area contributed by atoms with E-state index in [1.165, 1.54) is 11.9 Å². The van der Waals surface area contributed by atoms with Gasteiger partial charge < -0.3 is 10.6 Å². The topological polar surface area (TPSA) is 67.1 Å². The lowest BCUT2D eigenvalue weighted by molar-refractivity contribution is 0.781. The highest BCUT2D eigenvalue weighted by molar-refractivity contribution is 5.79. The van der Waals surface area contributed by atoms with Crippen LogP contribution in [0.1, 0.15) is 18.9 Å². The number of guanidine groups is 1. The Morgan fingerprint density at radius 3 is 2.65 bits per heavy atom. The summed E-state index contributed by atoms with van der Waals surface area (Å²) in [7, 11) is 1.78. The summed E-state index contributed by atoms with van der Waals surface area (Å²) < 4.78 is 1.74. The average Bonchev–Trinajstić information content (AvgIpc) is 3.02. The van der Waals surface area contributed by atoms with Crippen molar-refractivity contribution in [3.63, 3.8) is 0 Å². The van der Waals surface area contributed by atoms with Crippen molar-refractivity contribution in [1.29, 1.82) is 0 Å². The number of aromatic nitrogens is 3. The van der Waals surface area contributed by atoms with E-state index in [0.717, 1.165) is 31.2 Å². The van der Waals surface area contributed by atoms with Crippen molar-refractivity contribution in [3.8, 4) is 5.69 Å². The molecule has 20 heavy (non-hydrogen) atoms. The Bertz CT molecular complexity index is 529. The van der Waals surface area contributed by atoms with Gasteiger partial charge in [0, 0.05) is 20.1 Å². The molecule has 6 heteroatoms. The van der Waals surface area contributed by atoms with Gasteiger partial charge in [0.25, 0.3) is 0 Å². The number of nitrogens with zero attached hydrogens (tertiary/aromatic N) is 4. The molecule has 0 aliphatic rings. The number of nitrogens with one attached hydrogen (secondary N) is 2. The molecule has 2 N–H and O–H groups in total. The summed E-state index contributed by atoms with van der Waals surface area (Å²) in [5.41, 5.74) is 2.19. The molecule has 2 aromatic rings. The van der Waals surface area contributed by atoms with E-state index in [1.807, 2.05) is 12.1 Å². The largest absolute Gasteiger partial charge is 0.356 e. The molecule has 6 nitrogen and oxygen atoms in total. The quantitative estimate of drug-likeness (QED) is 0.637. The van der Waals surface area contributed by atoms with Gasteiger partial charge in [-0.15, -0.1) is 0 Å². The van der Waals surface area contributed by atoms with Crippen molar-refractivity contribution in [2.45, 2.75) is 19.9 Å². The number of rotatable bonds is 5. The highest BCUT2D eigenvalue weighted by Gasteiger charge is 1.99. The lowest BCUT2D eigenvalue weighted by Crippen LogP contribution is -2.37. The SMILES string of the molecule is CCCNC(=NC)NCc1ccc(-n2cncn2)cc1. The van der Waals surface area contributed by atoms with Crippen LogP contribution in [0.25, 0.3) is 5.69 Å². The van der Waals surface area contributed by atoms with E-state index in [1.54, 1.807) is 18.1 Å². The minimum atomic E-state index is 0.737. The summed E-state index contributed by atoms with van der Waals surface area (Å²) in [5, 5.41) is 10.6. The summed E-state index contributed by atoms with van der Waals surface area (Å²) >= 11 is 0. The predicted octanol–water partition coefficient (Wildman–Crippen LogP) is 1.34. The third-order valence-corrected chi connectivity index (χ3v) is 2.85. The lowest BCUT2D eigenvalue weighted by atomic mass is 10.2. The van der Waals surface area contributed by atoms with Crippen LogP contribution in [-0.2, 0) is 6.54 Å². The second-order valence-electron chi connectivity index (χ2n) is 4.36. The van der Waals surface area contributed by atoms with E-state index in [0.29, 0.717) is 0 Å². The summed E-state index contributed by atoms with van der Waals surface area (Å²) in [6.07, 6.45) is 4.29. The van der Waals surface area contributed by atoms with Gasteiger partial charge in [-0.05, 0) is 24.1 Å². The molecule has 0 amide bonds. The van der Waals surface area contributed by atoms with Gasteiger partial charge in [0.05, 0.1) is 5.69 Å². The van der Waals surface area contributed by atoms with Crippen LogP contribution in [-0.4, -0.2) is 34.3 Å². The molecule has 0 saturated carbocycles. The van der Waals surface area contributed by atoms with Crippen LogP contribution < -0.4 is 10.6 Å². The molecule has 106 valence electrons. The zero-order valence-electron chi connectivity index (χ0n) is 11.9. The summed E-state index contributed by atoms with van der Waals surface area (Å²) in [5.74, 6) is 0.826. The van der Waals surface area contributed by atoms with Crippen molar-refractivity contribution in [1.82, 2.24) is 25.4 Å². The third-order valence-electron chi connectivity index (χ3n) is 2.85. The Morgan fingerprint density at radius 2 is 2.05 bits per heavy atom. The maximum Gasteiger partial charge on any atom is 0.191 e. The van der Waals surface area contributed by atoms with Crippen molar-refractivity contribution >= 4 is 5.96 Å². The van der Waals surface area contributed by atoms with Gasteiger partial charge in [-0.2, -0.15) is 5.10 Å². The monoisotopic (exact) mass is 272 g/mol. The molecule has 1 aromatic heterocycles. The maximum absolute atomic E-state index is 4.17. The highest BCUT2D eigenvalue weighted by atomic mass is 15.3. The Balaban J connectivity index is 1.91. The summed E-state index contributed by atoms with van der Waals surface area (Å²) in [4.78, 5) is 8.11. The van der Waals surface area contributed by atoms with E-state index in [9.17, 15) is 0 Å². The first-order valence-corrected chi connectivity index (χ1v) is 6.72. The average molecular weight is 272 g/mol. The van der Waals surface area contributed by atoms with E-state index in [4.69, 9.17) is 0 Å². The van der Waals surface area contributed by atoms with Crippen molar-refractivity contribution in [2.75, 3.05) is 13.6 Å². The molecule has 1 aromatic carbocycles. The normalized spacial score (nSPS) is 11.4. The maximum atomic E-state index is 4.17. The Hall–Kier alpha value is -2.37. The van der Waals surface area contributed by atoms with Crippen molar-refractivity contribution in [2.24, 2.45) is 4.99 Å². The number of aliphatic imine (C=N–C) groups is 1. The third kappa shape index (κ3) is 3.81. The smallest absolute Gasteiger partial charge is 0.191 e. The predicted molar refractivity (Wildman–Crippen MR) is 79.9 cm³/mol. The van der Waals surface area contributed by atoms with Gasteiger partial charge >= 0.3 is 0 Å². The van der Waals surface area contributed by atoms with Crippen LogP contribution in [0.3, 0.4) is 0 Å². The Kier molecular flexibility index (Phi) is 5.11. The van der Waals surface area contributed by atoms with Gasteiger partial charge in [-0.1, -0.05) is 19.1 Å². The second-order valence-corrected chi connectivity index (χ2v) is 4.36. The molecular formula is C14H20N6. The minimum absolute atomic E-state index is 0.737. The summed E-state index contributed by atoms with van der Waals surface area (Å²) in [6.45, 7) is 3.79. The molecular weight excluding hydrogens is 252 g/mol. The van der Waals surface area contributed by atoms with Crippen molar-refractivity contribution < 1.29 is 0 Å². The fourth-order valence-corrected chi connectivity index (χ4v) is 1.76. The van der Waals surface area contributed by atoms with Gasteiger partial charge in [0.2, 0.25) is 0 Å². The first kappa shape index (κ1) is 14.0. The molecule has 0 unspecified atom stereocenters. The van der Waals surface area contributed by atoms with Crippen LogP contribution in [0, 0.1) is 0 Å². The molecule has 0 bridgehead atoms. The molecule has 2 rings (SSSR count). The number of benzene rings is 1.